The predicted molar refractivity (Wildman–Crippen MR) is 149 cm³/mol. The molecule has 0 fully saturated rings. The summed E-state index contributed by atoms with van der Waals surface area (Å²) in [6.45, 7) is 8.83. The number of aromatic nitrogens is 2. The van der Waals surface area contributed by atoms with Crippen molar-refractivity contribution >= 4 is 40.5 Å². The van der Waals surface area contributed by atoms with E-state index in [0.717, 1.165) is 6.42 Å². The van der Waals surface area contributed by atoms with E-state index in [9.17, 15) is 9.18 Å². The average Bonchev–Trinajstić information content (AvgIpc) is 2.92. The Morgan fingerprint density at radius 1 is 1.16 bits per heavy atom. The normalized spacial score (nSPS) is 13.4. The number of rotatable bonds is 9. The monoisotopic (exact) mass is 514 g/mol. The van der Waals surface area contributed by atoms with Crippen molar-refractivity contribution < 1.29 is 9.18 Å². The number of nitrogens with one attached hydrogen (secondary N) is 3. The molecule has 10 heteroatoms. The number of hydrogen-bond donors (Lipinski definition) is 4. The summed E-state index contributed by atoms with van der Waals surface area (Å²) in [5.41, 5.74) is 9.18. The lowest BCUT2D eigenvalue weighted by molar-refractivity contribution is 0.0963. The number of hydrogen-bond acceptors (Lipinski definition) is 8. The van der Waals surface area contributed by atoms with E-state index in [1.165, 1.54) is 12.4 Å². The highest BCUT2D eigenvalue weighted by molar-refractivity contribution is 6.16. The predicted octanol–water partition coefficient (Wildman–Crippen LogP) is 4.59. The van der Waals surface area contributed by atoms with Crippen molar-refractivity contribution in [3.05, 3.63) is 83.4 Å². The van der Waals surface area contributed by atoms with Gasteiger partial charge in [-0.1, -0.05) is 38.6 Å². The van der Waals surface area contributed by atoms with Gasteiger partial charge in [0.15, 0.2) is 0 Å². The number of nitrogens with zero attached hydrogens (tertiary/aromatic N) is 4. The summed E-state index contributed by atoms with van der Waals surface area (Å²) in [7, 11) is 1.56. The molecule has 1 amide bonds. The maximum Gasteiger partial charge on any atom is 0.251 e. The molecule has 0 aliphatic carbocycles. The summed E-state index contributed by atoms with van der Waals surface area (Å²) in [5.74, 6) is 0.623. The standard InChI is InChI=1S/C28H31FN8O/c1-5-14-37-16(3)22-19(29)8-7-9-21(22)36-27(37)20(6-2)35-26-23(25(31)33-15-34-26)24(30)17-10-12-18(13-11-17)28(38)32-4/h7-13,15,20,30H,3,5-6,14H2,1-2,4H3,(H,32,38)(H3,31,33,34,35). The number of carbonyl (C=O) groups is 1. The van der Waals surface area contributed by atoms with E-state index < -0.39 is 0 Å². The van der Waals surface area contributed by atoms with Crippen LogP contribution in [0.3, 0.4) is 0 Å². The summed E-state index contributed by atoms with van der Waals surface area (Å²) in [4.78, 5) is 27.2. The maximum absolute atomic E-state index is 14.7. The lowest BCUT2D eigenvalue weighted by atomic mass is 10.0. The molecule has 0 saturated carbocycles. The minimum atomic E-state index is -0.362. The first-order valence-corrected chi connectivity index (χ1v) is 12.4. The van der Waals surface area contributed by atoms with Gasteiger partial charge in [-0.2, -0.15) is 0 Å². The van der Waals surface area contributed by atoms with E-state index in [-0.39, 0.29) is 29.3 Å². The Morgan fingerprint density at radius 3 is 2.53 bits per heavy atom. The van der Waals surface area contributed by atoms with Crippen molar-refractivity contribution in [3.63, 3.8) is 0 Å². The Morgan fingerprint density at radius 2 is 1.87 bits per heavy atom. The van der Waals surface area contributed by atoms with Gasteiger partial charge in [-0.05, 0) is 37.1 Å². The van der Waals surface area contributed by atoms with Crippen molar-refractivity contribution in [2.75, 3.05) is 24.6 Å². The van der Waals surface area contributed by atoms with Crippen LogP contribution in [-0.2, 0) is 0 Å². The van der Waals surface area contributed by atoms with Crippen molar-refractivity contribution in [2.24, 2.45) is 4.99 Å². The largest absolute Gasteiger partial charge is 0.383 e. The molecule has 0 saturated heterocycles. The third-order valence-corrected chi connectivity index (χ3v) is 6.39. The molecule has 0 bridgehead atoms. The Labute approximate surface area is 221 Å². The van der Waals surface area contributed by atoms with E-state index in [2.05, 4.69) is 27.2 Å². The number of benzene rings is 2. The zero-order valence-corrected chi connectivity index (χ0v) is 21.7. The second-order valence-electron chi connectivity index (χ2n) is 8.82. The van der Waals surface area contributed by atoms with Gasteiger partial charge in [0.05, 0.1) is 28.6 Å². The van der Waals surface area contributed by atoms with Crippen molar-refractivity contribution in [2.45, 2.75) is 32.7 Å². The molecule has 0 spiro atoms. The lowest BCUT2D eigenvalue weighted by Crippen LogP contribution is -2.44. The van der Waals surface area contributed by atoms with Crippen LogP contribution < -0.4 is 16.4 Å². The number of nitrogen functional groups attached to an aromatic ring is 1. The van der Waals surface area contributed by atoms with Crippen LogP contribution in [0.15, 0.2) is 60.4 Å². The quantitative estimate of drug-likeness (QED) is 0.309. The van der Waals surface area contributed by atoms with Gasteiger partial charge >= 0.3 is 0 Å². The molecule has 4 rings (SSSR count). The Hall–Kier alpha value is -4.60. The van der Waals surface area contributed by atoms with Crippen LogP contribution in [0.4, 0.5) is 21.7 Å². The SMILES string of the molecule is C=C1c2c(F)cccc2N=C(C(CC)Nc2ncnc(N)c2C(=N)c2ccc(C(=O)NC)cc2)N1CCC. The molecule has 196 valence electrons. The van der Waals surface area contributed by atoms with Gasteiger partial charge in [0.25, 0.3) is 5.91 Å². The molecule has 2 heterocycles. The summed E-state index contributed by atoms with van der Waals surface area (Å²) in [6, 6.07) is 11.1. The van der Waals surface area contributed by atoms with E-state index in [1.807, 2.05) is 18.7 Å². The molecule has 1 aliphatic rings. The number of aliphatic imine (C=N–C) groups is 1. The summed E-state index contributed by atoms with van der Waals surface area (Å²) in [6.07, 6.45) is 2.76. The van der Waals surface area contributed by atoms with Crippen molar-refractivity contribution in [1.82, 2.24) is 20.2 Å². The minimum absolute atomic E-state index is 0.108. The Bertz CT molecular complexity index is 1420. The molecule has 1 atom stereocenters. The molecule has 3 aromatic rings. The topological polar surface area (TPSA) is 132 Å². The van der Waals surface area contributed by atoms with E-state index in [4.69, 9.17) is 16.1 Å². The number of nitrogens with two attached hydrogens (primary N) is 1. The van der Waals surface area contributed by atoms with Gasteiger partial charge in [-0.25, -0.2) is 19.4 Å². The van der Waals surface area contributed by atoms with Crippen LogP contribution in [0, 0.1) is 11.2 Å². The van der Waals surface area contributed by atoms with Crippen LogP contribution in [0.2, 0.25) is 0 Å². The van der Waals surface area contributed by atoms with Gasteiger partial charge in [0.2, 0.25) is 0 Å². The van der Waals surface area contributed by atoms with Crippen molar-refractivity contribution in [3.8, 4) is 0 Å². The van der Waals surface area contributed by atoms with Gasteiger partial charge in [-0.3, -0.25) is 10.2 Å². The summed E-state index contributed by atoms with van der Waals surface area (Å²) in [5, 5.41) is 14.9. The number of carbonyl (C=O) groups excluding carboxylic acids is 1. The Balaban J connectivity index is 1.72. The fourth-order valence-electron chi connectivity index (χ4n) is 4.43. The number of amidine groups is 1. The minimum Gasteiger partial charge on any atom is -0.383 e. The molecule has 1 aliphatic heterocycles. The van der Waals surface area contributed by atoms with Gasteiger partial charge in [-0.15, -0.1) is 0 Å². The van der Waals surface area contributed by atoms with Gasteiger partial charge in [0, 0.05) is 30.4 Å². The number of anilines is 2. The summed E-state index contributed by atoms with van der Waals surface area (Å²) >= 11 is 0. The van der Waals surface area contributed by atoms with Crippen LogP contribution in [0.1, 0.15) is 53.7 Å². The Kier molecular flexibility index (Phi) is 7.80. The third kappa shape index (κ3) is 4.97. The van der Waals surface area contributed by atoms with E-state index >= 15 is 0 Å². The van der Waals surface area contributed by atoms with Crippen LogP contribution in [-0.4, -0.2) is 52.0 Å². The molecule has 0 radical (unpaired) electrons. The number of amides is 1. The van der Waals surface area contributed by atoms with E-state index in [0.29, 0.717) is 58.3 Å². The number of halogens is 1. The van der Waals surface area contributed by atoms with Gasteiger partial charge in [0.1, 0.15) is 29.6 Å². The molecule has 9 nitrogen and oxygen atoms in total. The zero-order chi connectivity index (χ0) is 27.4. The maximum atomic E-state index is 14.7. The van der Waals surface area contributed by atoms with E-state index in [1.54, 1.807) is 43.4 Å². The molecule has 38 heavy (non-hydrogen) atoms. The lowest BCUT2D eigenvalue weighted by Gasteiger charge is -2.36. The molecule has 1 aromatic heterocycles. The first-order chi connectivity index (χ1) is 18.3. The molecular formula is C28H31FN8O. The molecular weight excluding hydrogens is 483 g/mol. The third-order valence-electron chi connectivity index (χ3n) is 6.39. The molecule has 2 aromatic carbocycles. The van der Waals surface area contributed by atoms with Crippen LogP contribution >= 0.6 is 0 Å². The summed E-state index contributed by atoms with van der Waals surface area (Å²) < 4.78 is 14.7. The second-order valence-corrected chi connectivity index (χ2v) is 8.82. The molecule has 5 N–H and O–H groups in total. The first-order valence-electron chi connectivity index (χ1n) is 12.4. The number of fused-ring (bicyclic) bond motifs is 1. The highest BCUT2D eigenvalue weighted by Crippen LogP contribution is 2.36. The highest BCUT2D eigenvalue weighted by Gasteiger charge is 2.31. The second kappa shape index (κ2) is 11.2. The smallest absolute Gasteiger partial charge is 0.251 e. The van der Waals surface area contributed by atoms with Crippen LogP contribution in [0.25, 0.3) is 5.70 Å². The average molecular weight is 515 g/mol. The van der Waals surface area contributed by atoms with Crippen LogP contribution in [0.5, 0.6) is 0 Å². The zero-order valence-electron chi connectivity index (χ0n) is 21.7. The van der Waals surface area contributed by atoms with Crippen molar-refractivity contribution in [1.29, 1.82) is 5.41 Å². The fraction of sp³-hybridized carbons (Fsp3) is 0.250. The fourth-order valence-corrected chi connectivity index (χ4v) is 4.43. The van der Waals surface area contributed by atoms with Gasteiger partial charge < -0.3 is 21.3 Å². The molecule has 1 unspecified atom stereocenters. The highest BCUT2D eigenvalue weighted by atomic mass is 19.1. The first kappa shape index (κ1) is 26.5.